The fourth-order valence-corrected chi connectivity index (χ4v) is 4.62. The maximum atomic E-state index is 12.9. The third kappa shape index (κ3) is 2.98. The van der Waals surface area contributed by atoms with Crippen LogP contribution in [0.4, 0.5) is 0 Å². The Morgan fingerprint density at radius 3 is 2.48 bits per heavy atom. The van der Waals surface area contributed by atoms with Gasteiger partial charge in [-0.1, -0.05) is 5.16 Å². The molecule has 2 aliphatic heterocycles. The minimum Gasteiger partial charge on any atom is -0.361 e. The number of hydrogen-bond acceptors (Lipinski definition) is 4. The van der Waals surface area contributed by atoms with Gasteiger partial charge in [-0.2, -0.15) is 5.10 Å². The lowest BCUT2D eigenvalue weighted by Crippen LogP contribution is -2.47. The second-order valence-electron chi connectivity index (χ2n) is 7.61. The van der Waals surface area contributed by atoms with Crippen LogP contribution in [-0.4, -0.2) is 37.8 Å². The van der Waals surface area contributed by atoms with Gasteiger partial charge in [0.05, 0.1) is 17.9 Å². The van der Waals surface area contributed by atoms with E-state index >= 15 is 0 Å². The lowest BCUT2D eigenvalue weighted by atomic mass is 9.96. The van der Waals surface area contributed by atoms with Crippen LogP contribution in [0.5, 0.6) is 0 Å². The standard InChI is InChI=1S/C19H26N4O2/c1-12-10-20-22(11-12)17-8-15-4-5-16(9-17)23(15)19(24)7-6-18-13(2)21-25-14(18)3/h10-11,15-17H,4-9H2,1-3H3. The van der Waals surface area contributed by atoms with Crippen LogP contribution in [0.15, 0.2) is 16.9 Å². The number of aromatic nitrogens is 3. The molecule has 0 aliphatic carbocycles. The third-order valence-electron chi connectivity index (χ3n) is 5.87. The maximum absolute atomic E-state index is 12.9. The lowest BCUT2D eigenvalue weighted by Gasteiger charge is -2.39. The summed E-state index contributed by atoms with van der Waals surface area (Å²) in [5.41, 5.74) is 3.19. The van der Waals surface area contributed by atoms with E-state index in [1.54, 1.807) is 0 Å². The number of carbonyl (C=O) groups excluding carboxylic acids is 1. The Morgan fingerprint density at radius 2 is 1.92 bits per heavy atom. The molecular weight excluding hydrogens is 316 g/mol. The highest BCUT2D eigenvalue weighted by Crippen LogP contribution is 2.41. The summed E-state index contributed by atoms with van der Waals surface area (Å²) in [6.07, 6.45) is 9.60. The number of amides is 1. The van der Waals surface area contributed by atoms with Gasteiger partial charge in [-0.15, -0.1) is 0 Å². The third-order valence-corrected chi connectivity index (χ3v) is 5.87. The molecular formula is C19H26N4O2. The Balaban J connectivity index is 1.41. The van der Waals surface area contributed by atoms with Crippen molar-refractivity contribution in [2.24, 2.45) is 0 Å². The van der Waals surface area contributed by atoms with Gasteiger partial charge in [-0.3, -0.25) is 9.48 Å². The van der Waals surface area contributed by atoms with Crippen molar-refractivity contribution in [1.29, 1.82) is 0 Å². The SMILES string of the molecule is Cc1cnn(C2CC3CCC(C2)N3C(=O)CCc2c(C)noc2C)c1. The zero-order valence-corrected chi connectivity index (χ0v) is 15.2. The molecule has 2 aliphatic rings. The van der Waals surface area contributed by atoms with E-state index in [9.17, 15) is 4.79 Å². The summed E-state index contributed by atoms with van der Waals surface area (Å²) in [6, 6.07) is 1.16. The summed E-state index contributed by atoms with van der Waals surface area (Å²) in [5, 5.41) is 8.48. The molecule has 2 aromatic rings. The number of rotatable bonds is 4. The van der Waals surface area contributed by atoms with Crippen LogP contribution in [0, 0.1) is 20.8 Å². The van der Waals surface area contributed by atoms with E-state index in [-0.39, 0.29) is 5.91 Å². The van der Waals surface area contributed by atoms with Gasteiger partial charge in [-0.05, 0) is 58.4 Å². The van der Waals surface area contributed by atoms with Crippen molar-refractivity contribution >= 4 is 5.91 Å². The summed E-state index contributed by atoms with van der Waals surface area (Å²) < 4.78 is 7.31. The molecule has 2 bridgehead atoms. The van der Waals surface area contributed by atoms with E-state index in [0.29, 0.717) is 24.5 Å². The summed E-state index contributed by atoms with van der Waals surface area (Å²) in [4.78, 5) is 15.0. The summed E-state index contributed by atoms with van der Waals surface area (Å²) in [5.74, 6) is 1.11. The second-order valence-corrected chi connectivity index (χ2v) is 7.61. The summed E-state index contributed by atoms with van der Waals surface area (Å²) in [7, 11) is 0. The van der Waals surface area contributed by atoms with Crippen LogP contribution in [0.2, 0.25) is 0 Å². The highest BCUT2D eigenvalue weighted by atomic mass is 16.5. The van der Waals surface area contributed by atoms with Gasteiger partial charge in [-0.25, -0.2) is 0 Å². The molecule has 25 heavy (non-hydrogen) atoms. The van der Waals surface area contributed by atoms with Crippen LogP contribution >= 0.6 is 0 Å². The fourth-order valence-electron chi connectivity index (χ4n) is 4.62. The van der Waals surface area contributed by atoms with Crippen LogP contribution in [0.3, 0.4) is 0 Å². The molecule has 0 aromatic carbocycles. The zero-order chi connectivity index (χ0) is 17.6. The number of piperidine rings is 1. The van der Waals surface area contributed by atoms with Crippen molar-refractivity contribution in [3.8, 4) is 0 Å². The highest BCUT2D eigenvalue weighted by Gasteiger charge is 2.43. The van der Waals surface area contributed by atoms with Gasteiger partial charge < -0.3 is 9.42 Å². The summed E-state index contributed by atoms with van der Waals surface area (Å²) >= 11 is 0. The first-order valence-electron chi connectivity index (χ1n) is 9.26. The topological polar surface area (TPSA) is 64.2 Å². The van der Waals surface area contributed by atoms with E-state index in [1.807, 2.05) is 20.0 Å². The number of aryl methyl sites for hydroxylation is 3. The molecule has 2 fully saturated rings. The predicted octanol–water partition coefficient (Wildman–Crippen LogP) is 3.12. The average Bonchev–Trinajstić information content (AvgIpc) is 3.23. The molecule has 0 saturated carbocycles. The highest BCUT2D eigenvalue weighted by molar-refractivity contribution is 5.77. The quantitative estimate of drug-likeness (QED) is 0.856. The van der Waals surface area contributed by atoms with Crippen LogP contribution in [0.1, 0.15) is 60.7 Å². The molecule has 1 amide bonds. The first-order valence-corrected chi connectivity index (χ1v) is 9.26. The number of fused-ring (bicyclic) bond motifs is 2. The van der Waals surface area contributed by atoms with Crippen molar-refractivity contribution < 1.29 is 9.32 Å². The maximum Gasteiger partial charge on any atom is 0.223 e. The van der Waals surface area contributed by atoms with Gasteiger partial charge in [0, 0.05) is 30.3 Å². The van der Waals surface area contributed by atoms with Gasteiger partial charge in [0.1, 0.15) is 5.76 Å². The van der Waals surface area contributed by atoms with Crippen LogP contribution in [-0.2, 0) is 11.2 Å². The minimum absolute atomic E-state index is 0.280. The molecule has 0 radical (unpaired) electrons. The number of nitrogens with zero attached hydrogens (tertiary/aromatic N) is 4. The van der Waals surface area contributed by atoms with Crippen molar-refractivity contribution in [3.63, 3.8) is 0 Å². The normalized spacial score (nSPS) is 25.6. The Hall–Kier alpha value is -2.11. The van der Waals surface area contributed by atoms with Crippen molar-refractivity contribution in [2.75, 3.05) is 0 Å². The number of carbonyl (C=O) groups is 1. The lowest BCUT2D eigenvalue weighted by molar-refractivity contribution is -0.136. The molecule has 134 valence electrons. The van der Waals surface area contributed by atoms with E-state index in [1.165, 1.54) is 5.56 Å². The molecule has 2 aromatic heterocycles. The first-order chi connectivity index (χ1) is 12.0. The Labute approximate surface area is 148 Å². The van der Waals surface area contributed by atoms with E-state index in [2.05, 4.69) is 33.0 Å². The molecule has 0 N–H and O–H groups in total. The molecule has 0 spiro atoms. The smallest absolute Gasteiger partial charge is 0.223 e. The van der Waals surface area contributed by atoms with Gasteiger partial charge in [0.15, 0.2) is 0 Å². The Kier molecular flexibility index (Phi) is 4.13. The molecule has 4 heterocycles. The average molecular weight is 342 g/mol. The largest absolute Gasteiger partial charge is 0.361 e. The predicted molar refractivity (Wildman–Crippen MR) is 93.2 cm³/mol. The molecule has 2 atom stereocenters. The molecule has 2 unspecified atom stereocenters. The van der Waals surface area contributed by atoms with Gasteiger partial charge >= 0.3 is 0 Å². The van der Waals surface area contributed by atoms with Gasteiger partial charge in [0.25, 0.3) is 0 Å². The molecule has 2 saturated heterocycles. The number of hydrogen-bond donors (Lipinski definition) is 0. The van der Waals surface area contributed by atoms with Crippen LogP contribution < -0.4 is 0 Å². The minimum atomic E-state index is 0.280. The zero-order valence-electron chi connectivity index (χ0n) is 15.2. The van der Waals surface area contributed by atoms with Crippen molar-refractivity contribution in [3.05, 3.63) is 35.0 Å². The monoisotopic (exact) mass is 342 g/mol. The fraction of sp³-hybridized carbons (Fsp3) is 0.632. The van der Waals surface area contributed by atoms with E-state index in [0.717, 1.165) is 49.1 Å². The molecule has 6 heteroatoms. The van der Waals surface area contributed by atoms with E-state index < -0.39 is 0 Å². The van der Waals surface area contributed by atoms with Crippen molar-refractivity contribution in [2.45, 2.75) is 77.4 Å². The molecule has 6 nitrogen and oxygen atoms in total. The Bertz CT molecular complexity index is 745. The Morgan fingerprint density at radius 1 is 1.20 bits per heavy atom. The van der Waals surface area contributed by atoms with Gasteiger partial charge in [0.2, 0.25) is 5.91 Å². The molecule has 4 rings (SSSR count). The second kappa shape index (κ2) is 6.32. The summed E-state index contributed by atoms with van der Waals surface area (Å²) in [6.45, 7) is 5.93. The van der Waals surface area contributed by atoms with Crippen molar-refractivity contribution in [1.82, 2.24) is 19.8 Å². The first kappa shape index (κ1) is 16.4. The van der Waals surface area contributed by atoms with E-state index in [4.69, 9.17) is 4.52 Å². The van der Waals surface area contributed by atoms with Crippen LogP contribution in [0.25, 0.3) is 0 Å².